The summed E-state index contributed by atoms with van der Waals surface area (Å²) in [5.74, 6) is 1.68. The van der Waals surface area contributed by atoms with Crippen LogP contribution >= 0.6 is 11.6 Å². The van der Waals surface area contributed by atoms with E-state index in [1.54, 1.807) is 0 Å². The zero-order valence-electron chi connectivity index (χ0n) is 15.1. The number of halogens is 1. The van der Waals surface area contributed by atoms with Gasteiger partial charge in [0, 0.05) is 66.2 Å². The Balaban J connectivity index is 1.28. The molecule has 5 heteroatoms. The largest absolute Gasteiger partial charge is 0.294 e. The van der Waals surface area contributed by atoms with Crippen LogP contribution in [0.5, 0.6) is 0 Å². The fourth-order valence-electron chi connectivity index (χ4n) is 3.67. The third kappa shape index (κ3) is 3.60. The van der Waals surface area contributed by atoms with Gasteiger partial charge < -0.3 is 0 Å². The minimum Gasteiger partial charge on any atom is -0.294 e. The zero-order valence-corrected chi connectivity index (χ0v) is 15.9. The van der Waals surface area contributed by atoms with Gasteiger partial charge in [-0.3, -0.25) is 9.88 Å². The highest BCUT2D eigenvalue weighted by atomic mass is 35.5. The fraction of sp³-hybridized carbons (Fsp3) is 0.318. The van der Waals surface area contributed by atoms with E-state index in [1.807, 2.05) is 36.7 Å². The van der Waals surface area contributed by atoms with Crippen molar-refractivity contribution in [2.75, 3.05) is 6.54 Å². The first kappa shape index (κ1) is 16.8. The van der Waals surface area contributed by atoms with Crippen LogP contribution < -0.4 is 0 Å². The number of nitrogens with zero attached hydrogens (tertiary/aromatic N) is 4. The van der Waals surface area contributed by atoms with Crippen LogP contribution in [0.15, 0.2) is 48.8 Å². The molecule has 0 unspecified atom stereocenters. The molecular formula is C22H21ClN4. The van der Waals surface area contributed by atoms with Gasteiger partial charge in [-0.25, -0.2) is 9.97 Å². The van der Waals surface area contributed by atoms with Crippen LogP contribution in [0.3, 0.4) is 0 Å². The Morgan fingerprint density at radius 1 is 1.04 bits per heavy atom. The molecule has 2 aromatic heterocycles. The average Bonchev–Trinajstić information content (AvgIpc) is 3.54. The Bertz CT molecular complexity index is 966. The molecule has 1 saturated carbocycles. The van der Waals surface area contributed by atoms with Crippen molar-refractivity contribution in [2.24, 2.45) is 0 Å². The second kappa shape index (κ2) is 7.02. The normalized spacial score (nSPS) is 16.9. The molecule has 0 bridgehead atoms. The molecule has 136 valence electrons. The Kier molecular flexibility index (Phi) is 4.38. The Labute approximate surface area is 164 Å². The second-order valence-electron chi connectivity index (χ2n) is 7.47. The molecule has 0 amide bonds. The summed E-state index contributed by atoms with van der Waals surface area (Å²) in [6.45, 7) is 2.83. The number of benzene rings is 1. The molecule has 1 aliphatic heterocycles. The van der Waals surface area contributed by atoms with Gasteiger partial charge in [-0.2, -0.15) is 0 Å². The van der Waals surface area contributed by atoms with Crippen molar-refractivity contribution in [3.05, 3.63) is 76.5 Å². The third-order valence-corrected chi connectivity index (χ3v) is 5.68. The van der Waals surface area contributed by atoms with E-state index in [9.17, 15) is 0 Å². The van der Waals surface area contributed by atoms with Gasteiger partial charge in [0.15, 0.2) is 0 Å². The summed E-state index contributed by atoms with van der Waals surface area (Å²) in [6.07, 6.45) is 7.51. The number of aromatic nitrogens is 3. The van der Waals surface area contributed by atoms with Crippen molar-refractivity contribution < 1.29 is 0 Å². The summed E-state index contributed by atoms with van der Waals surface area (Å²) >= 11 is 6.28. The first-order chi connectivity index (χ1) is 13.3. The summed E-state index contributed by atoms with van der Waals surface area (Å²) in [6, 6.07) is 12.0. The lowest BCUT2D eigenvalue weighted by molar-refractivity contribution is 0.242. The van der Waals surface area contributed by atoms with Gasteiger partial charge in [0.05, 0.1) is 5.69 Å². The minimum absolute atomic E-state index is 0.621. The predicted molar refractivity (Wildman–Crippen MR) is 107 cm³/mol. The van der Waals surface area contributed by atoms with Crippen LogP contribution in [0, 0.1) is 0 Å². The summed E-state index contributed by atoms with van der Waals surface area (Å²) in [5, 5.41) is 0.732. The summed E-state index contributed by atoms with van der Waals surface area (Å²) in [7, 11) is 0. The molecular weight excluding hydrogens is 356 g/mol. The van der Waals surface area contributed by atoms with E-state index in [1.165, 1.54) is 29.7 Å². The van der Waals surface area contributed by atoms with Crippen molar-refractivity contribution in [1.82, 2.24) is 19.9 Å². The van der Waals surface area contributed by atoms with Crippen molar-refractivity contribution in [2.45, 2.75) is 38.3 Å². The zero-order chi connectivity index (χ0) is 18.2. The van der Waals surface area contributed by atoms with E-state index >= 15 is 0 Å². The minimum atomic E-state index is 0.621. The van der Waals surface area contributed by atoms with Gasteiger partial charge in [-0.15, -0.1) is 0 Å². The van der Waals surface area contributed by atoms with Crippen LogP contribution in [0.1, 0.15) is 41.4 Å². The second-order valence-corrected chi connectivity index (χ2v) is 7.87. The maximum absolute atomic E-state index is 6.28. The van der Waals surface area contributed by atoms with E-state index in [0.717, 1.165) is 48.2 Å². The lowest BCUT2D eigenvalue weighted by Gasteiger charge is -2.28. The van der Waals surface area contributed by atoms with Crippen LogP contribution in [0.4, 0.5) is 0 Å². The maximum Gasteiger partial charge on any atom is 0.131 e. The highest BCUT2D eigenvalue weighted by Crippen LogP contribution is 2.38. The summed E-state index contributed by atoms with van der Waals surface area (Å²) in [5.41, 5.74) is 5.61. The van der Waals surface area contributed by atoms with E-state index in [-0.39, 0.29) is 0 Å². The number of hydrogen-bond donors (Lipinski definition) is 0. The Morgan fingerprint density at radius 2 is 1.93 bits per heavy atom. The molecule has 0 radical (unpaired) electrons. The van der Waals surface area contributed by atoms with E-state index < -0.39 is 0 Å². The number of rotatable bonds is 4. The smallest absolute Gasteiger partial charge is 0.131 e. The quantitative estimate of drug-likeness (QED) is 0.665. The Hall–Kier alpha value is -2.30. The van der Waals surface area contributed by atoms with Gasteiger partial charge in [0.2, 0.25) is 0 Å². The molecule has 0 N–H and O–H groups in total. The fourth-order valence-corrected chi connectivity index (χ4v) is 3.90. The molecule has 3 aromatic rings. The number of fused-ring (bicyclic) bond motifs is 1. The molecule has 27 heavy (non-hydrogen) atoms. The van der Waals surface area contributed by atoms with E-state index in [2.05, 4.69) is 27.0 Å². The summed E-state index contributed by atoms with van der Waals surface area (Å²) in [4.78, 5) is 16.5. The molecule has 1 aliphatic carbocycles. The van der Waals surface area contributed by atoms with E-state index in [0.29, 0.717) is 5.92 Å². The topological polar surface area (TPSA) is 41.9 Å². The lowest BCUT2D eigenvalue weighted by Crippen LogP contribution is -2.31. The van der Waals surface area contributed by atoms with Gasteiger partial charge in [0.1, 0.15) is 5.82 Å². The summed E-state index contributed by atoms with van der Waals surface area (Å²) < 4.78 is 0. The van der Waals surface area contributed by atoms with Crippen LogP contribution in [0.2, 0.25) is 5.02 Å². The molecule has 0 saturated heterocycles. The van der Waals surface area contributed by atoms with Gasteiger partial charge in [0.25, 0.3) is 0 Å². The number of pyridine rings is 1. The third-order valence-electron chi connectivity index (χ3n) is 5.35. The van der Waals surface area contributed by atoms with Crippen molar-refractivity contribution in [1.29, 1.82) is 0 Å². The molecule has 5 rings (SSSR count). The van der Waals surface area contributed by atoms with Gasteiger partial charge >= 0.3 is 0 Å². The van der Waals surface area contributed by atoms with Crippen LogP contribution in [-0.2, 0) is 19.5 Å². The lowest BCUT2D eigenvalue weighted by atomic mass is 10.1. The highest BCUT2D eigenvalue weighted by molar-refractivity contribution is 6.33. The monoisotopic (exact) mass is 376 g/mol. The molecule has 3 heterocycles. The number of hydrogen-bond acceptors (Lipinski definition) is 4. The van der Waals surface area contributed by atoms with Crippen molar-refractivity contribution in [3.8, 4) is 11.3 Å². The molecule has 0 atom stereocenters. The standard InChI is InChI=1S/C22H21ClN4/c23-19-4-2-1-3-18(19)21-8-5-15(11-24-21)13-27-10-9-20-17(14-27)12-25-22(26-20)16-6-7-16/h1-5,8,11-12,16H,6-7,9-10,13-14H2. The average molecular weight is 377 g/mol. The van der Waals surface area contributed by atoms with Crippen molar-refractivity contribution in [3.63, 3.8) is 0 Å². The first-order valence-electron chi connectivity index (χ1n) is 9.53. The Morgan fingerprint density at radius 3 is 2.70 bits per heavy atom. The first-order valence-corrected chi connectivity index (χ1v) is 9.91. The van der Waals surface area contributed by atoms with Gasteiger partial charge in [-0.05, 0) is 30.5 Å². The van der Waals surface area contributed by atoms with Crippen LogP contribution in [0.25, 0.3) is 11.3 Å². The molecule has 1 aromatic carbocycles. The molecule has 4 nitrogen and oxygen atoms in total. The molecule has 1 fully saturated rings. The molecule has 0 spiro atoms. The predicted octanol–water partition coefficient (Wildman–Crippen LogP) is 4.63. The van der Waals surface area contributed by atoms with Gasteiger partial charge in [-0.1, -0.05) is 35.9 Å². The van der Waals surface area contributed by atoms with E-state index in [4.69, 9.17) is 16.6 Å². The van der Waals surface area contributed by atoms with Crippen molar-refractivity contribution >= 4 is 11.6 Å². The van der Waals surface area contributed by atoms with Crippen LogP contribution in [-0.4, -0.2) is 26.4 Å². The molecule has 2 aliphatic rings. The maximum atomic E-state index is 6.28. The SMILES string of the molecule is Clc1ccccc1-c1ccc(CN2CCc3nc(C4CC4)ncc3C2)cn1. The highest BCUT2D eigenvalue weighted by Gasteiger charge is 2.28.